The van der Waals surface area contributed by atoms with Gasteiger partial charge in [0.05, 0.1) is 12.6 Å². The number of carbonyl (C=O) groups is 5. The van der Waals surface area contributed by atoms with Crippen molar-refractivity contribution in [2.45, 2.75) is 102 Å². The fourth-order valence-corrected chi connectivity index (χ4v) is 6.12. The number of rotatable bonds is 14. The van der Waals surface area contributed by atoms with Crippen molar-refractivity contribution in [3.05, 3.63) is 48.0 Å². The summed E-state index contributed by atoms with van der Waals surface area (Å²) in [7, 11) is 1.73. The number of likely N-dealkylation sites (tertiary alicyclic amines) is 2. The number of nitrogens with two attached hydrogens (primary N) is 3. The molecular formula is C38H63N9O6. The summed E-state index contributed by atoms with van der Waals surface area (Å²) in [6.45, 7) is 5.97. The number of hydrogen-bond acceptors (Lipinski definition) is 8. The van der Waals surface area contributed by atoms with Crippen molar-refractivity contribution in [3.63, 3.8) is 0 Å². The predicted molar refractivity (Wildman–Crippen MR) is 206 cm³/mol. The van der Waals surface area contributed by atoms with Crippen LogP contribution in [-0.4, -0.2) is 122 Å². The van der Waals surface area contributed by atoms with E-state index in [1.54, 1.807) is 21.7 Å². The van der Waals surface area contributed by atoms with Gasteiger partial charge in [-0.05, 0) is 82.6 Å². The molecule has 2 saturated heterocycles. The minimum atomic E-state index is -0.674. The van der Waals surface area contributed by atoms with Gasteiger partial charge in [-0.1, -0.05) is 49.4 Å². The van der Waals surface area contributed by atoms with Gasteiger partial charge in [-0.3, -0.25) is 24.2 Å². The summed E-state index contributed by atoms with van der Waals surface area (Å²) >= 11 is 0. The molecule has 8 N–H and O–H groups in total. The molecule has 0 spiro atoms. The molecular weight excluding hydrogens is 678 g/mol. The molecule has 5 amide bonds. The third-order valence-electron chi connectivity index (χ3n) is 9.04. The molecule has 4 rings (SSSR count). The second-order valence-corrected chi connectivity index (χ2v) is 13.4. The van der Waals surface area contributed by atoms with Crippen molar-refractivity contribution >= 4 is 36.2 Å². The van der Waals surface area contributed by atoms with Gasteiger partial charge in [0.25, 0.3) is 0 Å². The molecule has 15 nitrogen and oxygen atoms in total. The largest absolute Gasteiger partial charge is 0.446 e. The first-order valence-corrected chi connectivity index (χ1v) is 19.0. The average Bonchev–Trinajstić information content (AvgIpc) is 3.87. The molecule has 2 fully saturated rings. The summed E-state index contributed by atoms with van der Waals surface area (Å²) in [5, 5.41) is 5.28. The van der Waals surface area contributed by atoms with Gasteiger partial charge < -0.3 is 47.3 Å². The van der Waals surface area contributed by atoms with Crippen molar-refractivity contribution in [2.24, 2.45) is 22.2 Å². The van der Waals surface area contributed by atoms with Crippen LogP contribution < -0.4 is 27.8 Å². The normalized spacial score (nSPS) is 19.0. The highest BCUT2D eigenvalue weighted by Gasteiger charge is 2.36. The Hall–Kier alpha value is -4.66. The van der Waals surface area contributed by atoms with Gasteiger partial charge in [0, 0.05) is 46.3 Å². The molecule has 1 aliphatic carbocycles. The Kier molecular flexibility index (Phi) is 22.0. The summed E-state index contributed by atoms with van der Waals surface area (Å²) in [6, 6.07) is 8.40. The monoisotopic (exact) mass is 741 g/mol. The standard InChI is InChI=1S/C20H28N4O3.C14H24N2O3.C4H11N3/c21-16(13-15-7-2-1-3-8-15)20(27)24-12-6-9-17(24)19(26)22-14-18(25)23-10-4-5-11-23;1-16(11-7-10-15-12-17)14(18)19-13-8-5-3-2-4-6-9-13;1-2-3-7-4(5)6/h1-3,7-8,16-17H,4-6,9-14,21H2,(H,22,26);2-3,12-13H,4-11H2,1H3,(H,15,17);2-3H2,1H3,(H4,5,6,7)/b;3-2-;. The van der Waals surface area contributed by atoms with Gasteiger partial charge in [-0.2, -0.15) is 0 Å². The van der Waals surface area contributed by atoms with E-state index in [0.717, 1.165) is 89.4 Å². The first-order chi connectivity index (χ1) is 25.6. The summed E-state index contributed by atoms with van der Waals surface area (Å²) < 4.78 is 5.51. The fraction of sp³-hybridized carbons (Fsp3) is 0.632. The van der Waals surface area contributed by atoms with Crippen LogP contribution in [0.5, 0.6) is 0 Å². The molecule has 2 aliphatic heterocycles. The second kappa shape index (κ2) is 26.2. The van der Waals surface area contributed by atoms with Gasteiger partial charge >= 0.3 is 6.09 Å². The number of nitrogens with one attached hydrogen (secondary N) is 2. The third-order valence-corrected chi connectivity index (χ3v) is 9.04. The van der Waals surface area contributed by atoms with Gasteiger partial charge in [0.2, 0.25) is 24.1 Å². The van der Waals surface area contributed by atoms with E-state index >= 15 is 0 Å². The van der Waals surface area contributed by atoms with E-state index in [2.05, 4.69) is 27.8 Å². The molecule has 0 radical (unpaired) electrons. The van der Waals surface area contributed by atoms with Crippen LogP contribution in [0.15, 0.2) is 47.5 Å². The van der Waals surface area contributed by atoms with E-state index in [9.17, 15) is 24.0 Å². The topological polar surface area (TPSA) is 219 Å². The van der Waals surface area contributed by atoms with Crippen LogP contribution in [0, 0.1) is 0 Å². The Labute approximate surface area is 315 Å². The van der Waals surface area contributed by atoms with Gasteiger partial charge in [0.15, 0.2) is 5.96 Å². The highest BCUT2D eigenvalue weighted by Crippen LogP contribution is 2.20. The number of nitrogens with zero attached hydrogens (tertiary/aromatic N) is 4. The Bertz CT molecular complexity index is 1300. The average molecular weight is 742 g/mol. The quantitative estimate of drug-likeness (QED) is 0.0619. The van der Waals surface area contributed by atoms with Crippen LogP contribution in [0.1, 0.15) is 83.1 Å². The highest BCUT2D eigenvalue weighted by molar-refractivity contribution is 5.92. The molecule has 2 heterocycles. The lowest BCUT2D eigenvalue weighted by Crippen LogP contribution is -2.52. The molecule has 296 valence electrons. The van der Waals surface area contributed by atoms with Crippen molar-refractivity contribution < 1.29 is 28.7 Å². The number of allylic oxidation sites excluding steroid dienone is 2. The van der Waals surface area contributed by atoms with Crippen LogP contribution in [0.2, 0.25) is 0 Å². The first-order valence-electron chi connectivity index (χ1n) is 19.0. The minimum Gasteiger partial charge on any atom is -0.446 e. The maximum atomic E-state index is 12.8. The summed E-state index contributed by atoms with van der Waals surface area (Å²) in [5.41, 5.74) is 17.1. The van der Waals surface area contributed by atoms with E-state index < -0.39 is 12.1 Å². The zero-order chi connectivity index (χ0) is 38.8. The van der Waals surface area contributed by atoms with Crippen LogP contribution in [0.3, 0.4) is 0 Å². The lowest BCUT2D eigenvalue weighted by atomic mass is 10.0. The Morgan fingerprint density at radius 3 is 2.38 bits per heavy atom. The molecule has 0 saturated carbocycles. The lowest BCUT2D eigenvalue weighted by molar-refractivity contribution is -0.140. The molecule has 3 atom stereocenters. The molecule has 1 aromatic carbocycles. The van der Waals surface area contributed by atoms with Gasteiger partial charge in [0.1, 0.15) is 12.1 Å². The maximum Gasteiger partial charge on any atom is 0.409 e. The van der Waals surface area contributed by atoms with Crippen molar-refractivity contribution in [1.82, 2.24) is 25.3 Å². The van der Waals surface area contributed by atoms with E-state index in [1.807, 2.05) is 37.3 Å². The van der Waals surface area contributed by atoms with E-state index in [1.165, 1.54) is 0 Å². The Balaban J connectivity index is 0.000000325. The molecule has 3 unspecified atom stereocenters. The van der Waals surface area contributed by atoms with Crippen LogP contribution in [0.25, 0.3) is 0 Å². The summed E-state index contributed by atoms with van der Waals surface area (Å²) in [4.78, 5) is 68.0. The SMILES string of the molecule is CCCN=C(N)N.CN(CCCNC=O)C(=O)OC1CC/C=C\CCC1.NC(Cc1ccccc1)C(=O)N1CCCC1C(=O)NCC(=O)N1CCCC1. The molecule has 0 aromatic heterocycles. The van der Waals surface area contributed by atoms with Crippen LogP contribution in [-0.2, 0) is 30.3 Å². The second-order valence-electron chi connectivity index (χ2n) is 13.4. The highest BCUT2D eigenvalue weighted by atomic mass is 16.6. The van der Waals surface area contributed by atoms with Crippen LogP contribution in [0.4, 0.5) is 4.79 Å². The number of hydrogen-bond donors (Lipinski definition) is 5. The summed E-state index contributed by atoms with van der Waals surface area (Å²) in [6.07, 6.45) is 15.3. The van der Waals surface area contributed by atoms with Crippen LogP contribution >= 0.6 is 0 Å². The van der Waals surface area contributed by atoms with Gasteiger partial charge in [-0.25, -0.2) is 4.79 Å². The fourth-order valence-electron chi connectivity index (χ4n) is 6.12. The molecule has 15 heteroatoms. The predicted octanol–water partition coefficient (Wildman–Crippen LogP) is 2.04. The number of carbonyl (C=O) groups excluding carboxylic acids is 5. The lowest BCUT2D eigenvalue weighted by Gasteiger charge is -2.27. The first kappa shape index (κ1) is 44.5. The molecule has 53 heavy (non-hydrogen) atoms. The van der Waals surface area contributed by atoms with E-state index in [0.29, 0.717) is 38.9 Å². The van der Waals surface area contributed by atoms with Crippen molar-refractivity contribution in [1.29, 1.82) is 0 Å². The zero-order valence-electron chi connectivity index (χ0n) is 31.8. The molecule has 0 bridgehead atoms. The van der Waals surface area contributed by atoms with Crippen molar-refractivity contribution in [3.8, 4) is 0 Å². The number of benzene rings is 1. The van der Waals surface area contributed by atoms with E-state index in [-0.39, 0.29) is 42.4 Å². The third kappa shape index (κ3) is 18.1. The Morgan fingerprint density at radius 2 is 1.72 bits per heavy atom. The molecule has 3 aliphatic rings. The zero-order valence-corrected chi connectivity index (χ0v) is 31.8. The van der Waals surface area contributed by atoms with Gasteiger partial charge in [-0.15, -0.1) is 0 Å². The van der Waals surface area contributed by atoms with Crippen molar-refractivity contribution in [2.75, 3.05) is 52.9 Å². The smallest absolute Gasteiger partial charge is 0.409 e. The summed E-state index contributed by atoms with van der Waals surface area (Å²) in [5.74, 6) is -0.345. The Morgan fingerprint density at radius 1 is 1.00 bits per heavy atom. The number of guanidine groups is 1. The minimum absolute atomic E-state index is 0.00652. The maximum absolute atomic E-state index is 12.8. The molecule has 1 aromatic rings. The number of amides is 5. The number of ether oxygens (including phenoxy) is 1. The van der Waals surface area contributed by atoms with E-state index in [4.69, 9.17) is 21.9 Å². The number of aliphatic imine (C=N–C) groups is 1.